The lowest BCUT2D eigenvalue weighted by molar-refractivity contribution is 0.0548. The van der Waals surface area contributed by atoms with Crippen molar-refractivity contribution >= 4 is 11.8 Å². The molecule has 2 N–H and O–H groups in total. The minimum Gasteiger partial charge on any atom is -0.378 e. The van der Waals surface area contributed by atoms with Crippen LogP contribution in [0, 0.1) is 0 Å². The molecule has 0 spiro atoms. The third-order valence-electron chi connectivity index (χ3n) is 2.38. The molecule has 1 aliphatic rings. The van der Waals surface area contributed by atoms with E-state index in [1.807, 2.05) is 0 Å². The fourth-order valence-corrected chi connectivity index (χ4v) is 1.50. The Bertz CT molecular complexity index is 351. The number of nitrogens with zero attached hydrogens (tertiary/aromatic N) is 3. The highest BCUT2D eigenvalue weighted by Crippen LogP contribution is 2.08. The number of carbonyl (C=O) groups is 1. The first kappa shape index (κ1) is 10.8. The Hall–Kier alpha value is -1.66. The summed E-state index contributed by atoms with van der Waals surface area (Å²) in [4.78, 5) is 17.6. The number of urea groups is 1. The molecule has 0 unspecified atom stereocenters. The van der Waals surface area contributed by atoms with Crippen LogP contribution >= 0.6 is 0 Å². The van der Waals surface area contributed by atoms with Crippen LogP contribution in [0.1, 0.15) is 0 Å². The summed E-state index contributed by atoms with van der Waals surface area (Å²) in [5, 5.41) is 1.06. The van der Waals surface area contributed by atoms with Gasteiger partial charge in [-0.05, 0) is 12.1 Å². The highest BCUT2D eigenvalue weighted by Gasteiger charge is 2.22. The number of carbonyl (C=O) groups excluding carboxylic acids is 1. The molecule has 1 aromatic rings. The molecule has 0 atom stereocenters. The number of hydrogen-bond donors (Lipinski definition) is 1. The first-order valence-electron chi connectivity index (χ1n) is 5.11. The largest absolute Gasteiger partial charge is 0.378 e. The summed E-state index contributed by atoms with van der Waals surface area (Å²) in [6.07, 6.45) is 1.60. The fourth-order valence-electron chi connectivity index (χ4n) is 1.50. The number of morpholine rings is 1. The minimum absolute atomic E-state index is 0.248. The van der Waals surface area contributed by atoms with Gasteiger partial charge in [-0.3, -0.25) is 0 Å². The van der Waals surface area contributed by atoms with Gasteiger partial charge in [0.05, 0.1) is 13.2 Å². The van der Waals surface area contributed by atoms with Gasteiger partial charge in [0.25, 0.3) is 0 Å². The van der Waals surface area contributed by atoms with E-state index in [1.54, 1.807) is 29.3 Å². The number of pyridine rings is 1. The van der Waals surface area contributed by atoms with Gasteiger partial charge in [0, 0.05) is 19.3 Å². The van der Waals surface area contributed by atoms with Crippen LogP contribution in [-0.4, -0.2) is 42.2 Å². The smallest absolute Gasteiger partial charge is 0.340 e. The van der Waals surface area contributed by atoms with Gasteiger partial charge in [0.2, 0.25) is 0 Å². The van der Waals surface area contributed by atoms with Crippen LogP contribution in [0.2, 0.25) is 0 Å². The van der Waals surface area contributed by atoms with Gasteiger partial charge in [-0.25, -0.2) is 20.6 Å². The molecule has 2 rings (SSSR count). The number of rotatable bonds is 1. The zero-order valence-electron chi connectivity index (χ0n) is 8.87. The lowest BCUT2D eigenvalue weighted by Gasteiger charge is -2.29. The standard InChI is InChI=1S/C10H14N4O2/c11-14(9-3-1-2-4-12-9)10(15)13-5-7-16-8-6-13/h1-4H,5-8,11H2. The van der Waals surface area contributed by atoms with Crippen LogP contribution in [0.4, 0.5) is 10.6 Å². The van der Waals surface area contributed by atoms with E-state index < -0.39 is 0 Å². The minimum atomic E-state index is -0.248. The number of anilines is 1. The Morgan fingerprint density at radius 1 is 1.44 bits per heavy atom. The van der Waals surface area contributed by atoms with E-state index in [9.17, 15) is 4.79 Å². The number of hydrazine groups is 1. The molecule has 0 bridgehead atoms. The summed E-state index contributed by atoms with van der Waals surface area (Å²) in [5.41, 5.74) is 0. The van der Waals surface area contributed by atoms with E-state index in [0.717, 1.165) is 5.01 Å². The van der Waals surface area contributed by atoms with Crippen LogP contribution in [0.15, 0.2) is 24.4 Å². The highest BCUT2D eigenvalue weighted by molar-refractivity contribution is 5.89. The van der Waals surface area contributed by atoms with Crippen molar-refractivity contribution in [2.24, 2.45) is 5.84 Å². The van der Waals surface area contributed by atoms with E-state index in [-0.39, 0.29) is 6.03 Å². The predicted molar refractivity (Wildman–Crippen MR) is 58.7 cm³/mol. The van der Waals surface area contributed by atoms with Crippen molar-refractivity contribution in [3.8, 4) is 0 Å². The monoisotopic (exact) mass is 222 g/mol. The maximum atomic E-state index is 11.9. The van der Waals surface area contributed by atoms with E-state index in [1.165, 1.54) is 0 Å². The Kier molecular flexibility index (Phi) is 3.33. The quantitative estimate of drug-likeness (QED) is 0.419. The highest BCUT2D eigenvalue weighted by atomic mass is 16.5. The number of nitrogens with two attached hydrogens (primary N) is 1. The normalized spacial score (nSPS) is 15.9. The number of ether oxygens (including phenoxy) is 1. The first-order valence-corrected chi connectivity index (χ1v) is 5.11. The van der Waals surface area contributed by atoms with Gasteiger partial charge in [0.15, 0.2) is 5.82 Å². The molecule has 6 heteroatoms. The summed E-state index contributed by atoms with van der Waals surface area (Å²) in [5.74, 6) is 6.15. The van der Waals surface area contributed by atoms with Gasteiger partial charge < -0.3 is 9.64 Å². The molecular weight excluding hydrogens is 208 g/mol. The summed E-state index contributed by atoms with van der Waals surface area (Å²) in [6.45, 7) is 2.25. The first-order chi connectivity index (χ1) is 7.79. The molecule has 6 nitrogen and oxygen atoms in total. The Morgan fingerprint density at radius 3 is 2.81 bits per heavy atom. The van der Waals surface area contributed by atoms with Gasteiger partial charge in [-0.1, -0.05) is 6.07 Å². The second-order valence-electron chi connectivity index (χ2n) is 3.44. The maximum absolute atomic E-state index is 11.9. The number of aromatic nitrogens is 1. The molecule has 1 aliphatic heterocycles. The molecule has 86 valence electrons. The molecule has 1 aromatic heterocycles. The van der Waals surface area contributed by atoms with Crippen molar-refractivity contribution in [1.82, 2.24) is 9.88 Å². The SMILES string of the molecule is NN(C(=O)N1CCOCC1)c1ccccn1. The van der Waals surface area contributed by atoms with Crippen molar-refractivity contribution in [1.29, 1.82) is 0 Å². The Balaban J connectivity index is 2.04. The molecule has 0 radical (unpaired) electrons. The van der Waals surface area contributed by atoms with E-state index in [2.05, 4.69) is 4.98 Å². The summed E-state index contributed by atoms with van der Waals surface area (Å²) < 4.78 is 5.17. The van der Waals surface area contributed by atoms with Crippen LogP contribution < -0.4 is 10.9 Å². The third-order valence-corrected chi connectivity index (χ3v) is 2.38. The summed E-state index contributed by atoms with van der Waals surface area (Å²) in [7, 11) is 0. The summed E-state index contributed by atoms with van der Waals surface area (Å²) >= 11 is 0. The lowest BCUT2D eigenvalue weighted by atomic mass is 10.4. The lowest BCUT2D eigenvalue weighted by Crippen LogP contribution is -2.51. The Morgan fingerprint density at radius 2 is 2.19 bits per heavy atom. The summed E-state index contributed by atoms with van der Waals surface area (Å²) in [6, 6.07) is 5.01. The molecule has 0 aliphatic carbocycles. The second kappa shape index (κ2) is 4.91. The van der Waals surface area contributed by atoms with Crippen LogP contribution in [0.5, 0.6) is 0 Å². The topological polar surface area (TPSA) is 71.7 Å². The van der Waals surface area contributed by atoms with Crippen LogP contribution in [0.25, 0.3) is 0 Å². The number of amides is 2. The number of hydrogen-bond acceptors (Lipinski definition) is 4. The molecule has 2 amide bonds. The van der Waals surface area contributed by atoms with Crippen molar-refractivity contribution in [2.75, 3.05) is 31.3 Å². The molecule has 0 aromatic carbocycles. The van der Waals surface area contributed by atoms with Crippen LogP contribution in [0.3, 0.4) is 0 Å². The molecule has 16 heavy (non-hydrogen) atoms. The van der Waals surface area contributed by atoms with E-state index in [4.69, 9.17) is 10.6 Å². The fraction of sp³-hybridized carbons (Fsp3) is 0.400. The third kappa shape index (κ3) is 2.29. The molecule has 1 saturated heterocycles. The van der Waals surface area contributed by atoms with Crippen molar-refractivity contribution in [3.05, 3.63) is 24.4 Å². The second-order valence-corrected chi connectivity index (χ2v) is 3.44. The van der Waals surface area contributed by atoms with E-state index >= 15 is 0 Å². The predicted octanol–water partition coefficient (Wildman–Crippen LogP) is 0.214. The van der Waals surface area contributed by atoms with Crippen molar-refractivity contribution in [3.63, 3.8) is 0 Å². The van der Waals surface area contributed by atoms with Gasteiger partial charge in [0.1, 0.15) is 0 Å². The van der Waals surface area contributed by atoms with Gasteiger partial charge in [-0.15, -0.1) is 0 Å². The molecular formula is C10H14N4O2. The molecule has 1 fully saturated rings. The van der Waals surface area contributed by atoms with E-state index in [0.29, 0.717) is 32.1 Å². The van der Waals surface area contributed by atoms with Crippen molar-refractivity contribution in [2.45, 2.75) is 0 Å². The van der Waals surface area contributed by atoms with Gasteiger partial charge >= 0.3 is 6.03 Å². The zero-order valence-corrected chi connectivity index (χ0v) is 8.87. The average molecular weight is 222 g/mol. The maximum Gasteiger partial charge on any atom is 0.340 e. The van der Waals surface area contributed by atoms with Crippen LogP contribution in [-0.2, 0) is 4.74 Å². The molecule has 0 saturated carbocycles. The average Bonchev–Trinajstić information content (AvgIpc) is 2.39. The Labute approximate surface area is 93.6 Å². The van der Waals surface area contributed by atoms with Gasteiger partial charge in [-0.2, -0.15) is 0 Å². The van der Waals surface area contributed by atoms with Crippen molar-refractivity contribution < 1.29 is 9.53 Å². The molecule has 2 heterocycles. The zero-order chi connectivity index (χ0) is 11.4.